The number of hydrogen-bond acceptors (Lipinski definition) is 8. The normalized spacial score (nSPS) is 15.5. The van der Waals surface area contributed by atoms with Crippen LogP contribution in [0.25, 0.3) is 0 Å². The van der Waals surface area contributed by atoms with E-state index in [1.165, 1.54) is 56.7 Å². The van der Waals surface area contributed by atoms with Crippen LogP contribution >= 0.6 is 0 Å². The molecule has 3 amide bonds. The number of halogens is 1. The molecule has 2 atom stereocenters. The van der Waals surface area contributed by atoms with E-state index in [-0.39, 0.29) is 16.2 Å². The Morgan fingerprint density at radius 3 is 2.43 bits per heavy atom. The van der Waals surface area contributed by atoms with Gasteiger partial charge in [-0.3, -0.25) is 14.9 Å². The molecule has 0 bridgehead atoms. The first-order chi connectivity index (χ1) is 20.9. The molecule has 44 heavy (non-hydrogen) atoms. The summed E-state index contributed by atoms with van der Waals surface area (Å²) >= 11 is 0. The highest BCUT2D eigenvalue weighted by molar-refractivity contribution is 7.92. The van der Waals surface area contributed by atoms with Crippen LogP contribution < -0.4 is 21.1 Å². The minimum absolute atomic E-state index is 0.0507. The molecule has 0 saturated carbocycles. The molecule has 3 aromatic carbocycles. The van der Waals surface area contributed by atoms with Crippen molar-refractivity contribution in [3.63, 3.8) is 0 Å². The Hall–Kier alpha value is -4.65. The van der Waals surface area contributed by atoms with E-state index in [1.807, 2.05) is 0 Å². The average Bonchev–Trinajstić information content (AvgIpc) is 3.50. The lowest BCUT2D eigenvalue weighted by atomic mass is 10.0. The predicted octanol–water partition coefficient (Wildman–Crippen LogP) is 4.81. The molecular weight excluding hydrogens is 591 g/mol. The summed E-state index contributed by atoms with van der Waals surface area (Å²) in [7, 11) is -1.27. The third-order valence-corrected chi connectivity index (χ3v) is 9.70. The molecular formula is C31H35FN4O7S. The number of amides is 3. The number of carbonyl (C=O) groups excluding carboxylic acids is 3. The fourth-order valence-corrected chi connectivity index (χ4v) is 6.45. The number of hydrogen-bond donors (Lipinski definition) is 3. The third-order valence-electron chi connectivity index (χ3n) is 7.48. The number of likely N-dealkylation sites (tertiary alicyclic amines) is 1. The number of nitrogens with one attached hydrogen (secondary N) is 2. The van der Waals surface area contributed by atoms with E-state index in [1.54, 1.807) is 36.9 Å². The Bertz CT molecular complexity index is 1680. The Kier molecular flexibility index (Phi) is 9.78. The summed E-state index contributed by atoms with van der Waals surface area (Å²) in [5, 5.41) is 4.97. The van der Waals surface area contributed by atoms with E-state index < -0.39 is 50.9 Å². The van der Waals surface area contributed by atoms with Gasteiger partial charge in [0.2, 0.25) is 11.8 Å². The number of anilines is 2. The Labute approximate surface area is 255 Å². The van der Waals surface area contributed by atoms with Crippen LogP contribution in [0.1, 0.15) is 60.3 Å². The summed E-state index contributed by atoms with van der Waals surface area (Å²) in [6.07, 6.45) is 0.288. The van der Waals surface area contributed by atoms with Crippen molar-refractivity contribution in [3.8, 4) is 5.75 Å². The highest BCUT2D eigenvalue weighted by atomic mass is 32.2. The summed E-state index contributed by atoms with van der Waals surface area (Å²) < 4.78 is 51.1. The van der Waals surface area contributed by atoms with Gasteiger partial charge >= 0.3 is 6.09 Å². The van der Waals surface area contributed by atoms with Gasteiger partial charge in [-0.1, -0.05) is 12.1 Å². The average molecular weight is 627 g/mol. The second kappa shape index (κ2) is 13.3. The molecule has 0 aliphatic carbocycles. The van der Waals surface area contributed by atoms with Crippen LogP contribution in [0.15, 0.2) is 65.6 Å². The smallest absolute Gasteiger partial charge is 0.411 e. The molecule has 13 heteroatoms. The van der Waals surface area contributed by atoms with Gasteiger partial charge in [-0.25, -0.2) is 17.6 Å². The summed E-state index contributed by atoms with van der Waals surface area (Å²) in [4.78, 5) is 39.8. The SMILES string of the molecule is COC(=O)Nc1ccc(S(=O)(=O)C(C)C)c(C2CCCN2C(=O)C(Nc2cccc(C(N)=O)c2)c2ccc(F)c(OC)c2)c1. The van der Waals surface area contributed by atoms with E-state index in [0.717, 1.165) is 0 Å². The lowest BCUT2D eigenvalue weighted by molar-refractivity contribution is -0.133. The van der Waals surface area contributed by atoms with Gasteiger partial charge in [0.15, 0.2) is 21.4 Å². The van der Waals surface area contributed by atoms with Crippen LogP contribution in [0, 0.1) is 5.82 Å². The van der Waals surface area contributed by atoms with Gasteiger partial charge in [0.05, 0.1) is 30.4 Å². The Morgan fingerprint density at radius 1 is 1.02 bits per heavy atom. The van der Waals surface area contributed by atoms with E-state index in [9.17, 15) is 27.2 Å². The number of primary amides is 1. The van der Waals surface area contributed by atoms with E-state index in [0.29, 0.717) is 41.9 Å². The van der Waals surface area contributed by atoms with Crippen LogP contribution in [-0.4, -0.2) is 57.2 Å². The van der Waals surface area contributed by atoms with Crippen molar-refractivity contribution in [1.29, 1.82) is 0 Å². The summed E-state index contributed by atoms with van der Waals surface area (Å²) in [5.74, 6) is -1.77. The maximum atomic E-state index is 14.4. The van der Waals surface area contributed by atoms with Gasteiger partial charge in [-0.15, -0.1) is 0 Å². The second-order valence-electron chi connectivity index (χ2n) is 10.6. The molecule has 1 heterocycles. The first-order valence-electron chi connectivity index (χ1n) is 13.9. The van der Waals surface area contributed by atoms with Crippen molar-refractivity contribution in [2.45, 2.75) is 48.9 Å². The van der Waals surface area contributed by atoms with Crippen molar-refractivity contribution >= 4 is 39.1 Å². The number of carbonyl (C=O) groups is 3. The van der Waals surface area contributed by atoms with E-state index in [4.69, 9.17) is 15.2 Å². The third kappa shape index (κ3) is 6.77. The number of sulfone groups is 1. The topological polar surface area (TPSA) is 157 Å². The fraction of sp³-hybridized carbons (Fsp3) is 0.323. The maximum absolute atomic E-state index is 14.4. The molecule has 0 radical (unpaired) electrons. The highest BCUT2D eigenvalue weighted by Crippen LogP contribution is 2.40. The zero-order chi connectivity index (χ0) is 32.2. The largest absolute Gasteiger partial charge is 0.494 e. The predicted molar refractivity (Wildman–Crippen MR) is 163 cm³/mol. The molecule has 234 valence electrons. The van der Waals surface area contributed by atoms with Crippen LogP contribution in [0.3, 0.4) is 0 Å². The number of methoxy groups -OCH3 is 2. The molecule has 1 saturated heterocycles. The molecule has 0 aromatic heterocycles. The lowest BCUT2D eigenvalue weighted by Gasteiger charge is -2.32. The van der Waals surface area contributed by atoms with Crippen molar-refractivity contribution in [3.05, 3.63) is 83.2 Å². The standard InChI is InChI=1S/C31H35FN4O7S/c1-18(2)44(40,41)27-13-11-22(35-31(39)43-4)17-23(27)25-9-6-14-36(25)30(38)28(19-10-12-24(32)26(16-19)42-3)34-21-8-5-7-20(15-21)29(33)37/h5,7-8,10-13,15-18,25,28,34H,6,9,14H2,1-4H3,(H2,33,37)(H,35,39). The highest BCUT2D eigenvalue weighted by Gasteiger charge is 2.38. The molecule has 0 spiro atoms. The van der Waals surface area contributed by atoms with Crippen molar-refractivity contribution in [1.82, 2.24) is 4.90 Å². The molecule has 1 aliphatic heterocycles. The van der Waals surface area contributed by atoms with Crippen molar-refractivity contribution < 1.29 is 36.7 Å². The van der Waals surface area contributed by atoms with Crippen LogP contribution in [0.5, 0.6) is 5.75 Å². The second-order valence-corrected chi connectivity index (χ2v) is 13.0. The summed E-state index contributed by atoms with van der Waals surface area (Å²) in [6.45, 7) is 3.44. The molecule has 4 N–H and O–H groups in total. The van der Waals surface area contributed by atoms with Gasteiger partial charge in [-0.2, -0.15) is 0 Å². The van der Waals surface area contributed by atoms with Gasteiger partial charge < -0.3 is 25.4 Å². The molecule has 1 aliphatic rings. The monoisotopic (exact) mass is 626 g/mol. The van der Waals surface area contributed by atoms with Gasteiger partial charge in [-0.05, 0) is 86.3 Å². The minimum Gasteiger partial charge on any atom is -0.494 e. The van der Waals surface area contributed by atoms with Crippen LogP contribution in [0.4, 0.5) is 20.6 Å². The summed E-state index contributed by atoms with van der Waals surface area (Å²) in [6, 6.07) is 13.0. The number of rotatable bonds is 10. The number of nitrogens with zero attached hydrogens (tertiary/aromatic N) is 1. The van der Waals surface area contributed by atoms with Crippen LogP contribution in [-0.2, 0) is 19.4 Å². The minimum atomic E-state index is -3.79. The van der Waals surface area contributed by atoms with Crippen molar-refractivity contribution in [2.75, 3.05) is 31.4 Å². The Morgan fingerprint density at radius 2 is 1.77 bits per heavy atom. The molecule has 3 aromatic rings. The van der Waals surface area contributed by atoms with E-state index >= 15 is 0 Å². The zero-order valence-corrected chi connectivity index (χ0v) is 25.6. The zero-order valence-electron chi connectivity index (χ0n) is 24.8. The maximum Gasteiger partial charge on any atom is 0.411 e. The number of nitrogens with two attached hydrogens (primary N) is 1. The van der Waals surface area contributed by atoms with Gasteiger partial charge in [0, 0.05) is 23.5 Å². The number of ether oxygens (including phenoxy) is 2. The quantitative estimate of drug-likeness (QED) is 0.289. The lowest BCUT2D eigenvalue weighted by Crippen LogP contribution is -2.38. The fourth-order valence-electron chi connectivity index (χ4n) is 5.16. The molecule has 4 rings (SSSR count). The molecule has 11 nitrogen and oxygen atoms in total. The van der Waals surface area contributed by atoms with Crippen molar-refractivity contribution in [2.24, 2.45) is 5.73 Å². The first kappa shape index (κ1) is 32.3. The van der Waals surface area contributed by atoms with E-state index in [2.05, 4.69) is 10.6 Å². The molecule has 1 fully saturated rings. The first-order valence-corrected chi connectivity index (χ1v) is 15.4. The summed E-state index contributed by atoms with van der Waals surface area (Å²) in [5.41, 5.74) is 7.11. The van der Waals surface area contributed by atoms with Gasteiger partial charge in [0.25, 0.3) is 0 Å². The Balaban J connectivity index is 1.82. The van der Waals surface area contributed by atoms with Crippen LogP contribution in [0.2, 0.25) is 0 Å². The number of benzene rings is 3. The molecule has 2 unspecified atom stereocenters. The van der Waals surface area contributed by atoms with Gasteiger partial charge in [0.1, 0.15) is 6.04 Å².